The normalized spacial score (nSPS) is 12.2. The van der Waals surface area contributed by atoms with E-state index in [1.54, 1.807) is 6.20 Å². The predicted octanol–water partition coefficient (Wildman–Crippen LogP) is 1.59. The highest BCUT2D eigenvalue weighted by Gasteiger charge is 2.16. The van der Waals surface area contributed by atoms with E-state index in [2.05, 4.69) is 10.3 Å². The number of benzene rings is 1. The molecule has 0 spiro atoms. The molecule has 1 aromatic heterocycles. The van der Waals surface area contributed by atoms with Gasteiger partial charge in [0.05, 0.1) is 30.0 Å². The lowest BCUT2D eigenvalue weighted by Gasteiger charge is -2.07. The third-order valence-electron chi connectivity index (χ3n) is 2.95. The van der Waals surface area contributed by atoms with Crippen LogP contribution < -0.4 is 10.5 Å². The van der Waals surface area contributed by atoms with Gasteiger partial charge in [-0.15, -0.1) is 5.10 Å². The molecule has 2 N–H and O–H groups in total. The van der Waals surface area contributed by atoms with Crippen molar-refractivity contribution in [1.29, 1.82) is 0 Å². The lowest BCUT2D eigenvalue weighted by atomic mass is 10.2. The molecule has 0 bridgehead atoms. The fourth-order valence-corrected chi connectivity index (χ4v) is 1.74. The van der Waals surface area contributed by atoms with Crippen molar-refractivity contribution in [2.24, 2.45) is 5.73 Å². The van der Waals surface area contributed by atoms with Crippen LogP contribution in [0.4, 0.5) is 5.69 Å². The largest absolute Gasteiger partial charge is 0.494 e. The molecule has 0 aliphatic heterocycles. The Kier molecular flexibility index (Phi) is 3.94. The average molecular weight is 277 g/mol. The Morgan fingerprint density at radius 3 is 2.90 bits per heavy atom. The molecule has 0 radical (unpaired) electrons. The molecule has 0 amide bonds. The van der Waals surface area contributed by atoms with Crippen molar-refractivity contribution in [1.82, 2.24) is 15.0 Å². The lowest BCUT2D eigenvalue weighted by molar-refractivity contribution is -0.384. The topological polar surface area (TPSA) is 109 Å². The summed E-state index contributed by atoms with van der Waals surface area (Å²) in [6.45, 7) is 1.94. The molecule has 20 heavy (non-hydrogen) atoms. The molecule has 8 nitrogen and oxygen atoms in total. The molecule has 0 fully saturated rings. The van der Waals surface area contributed by atoms with E-state index >= 15 is 0 Å². The zero-order valence-corrected chi connectivity index (χ0v) is 11.2. The molecule has 0 aliphatic carbocycles. The summed E-state index contributed by atoms with van der Waals surface area (Å²) in [5.74, 6) is 0.470. The fourth-order valence-electron chi connectivity index (χ4n) is 1.74. The fraction of sp³-hybridized carbons (Fsp3) is 0.333. The van der Waals surface area contributed by atoms with Crippen molar-refractivity contribution in [2.45, 2.75) is 19.4 Å². The van der Waals surface area contributed by atoms with Gasteiger partial charge in [0, 0.05) is 12.1 Å². The van der Waals surface area contributed by atoms with Crippen molar-refractivity contribution < 1.29 is 9.66 Å². The maximum absolute atomic E-state index is 10.8. The van der Waals surface area contributed by atoms with Gasteiger partial charge in [-0.1, -0.05) is 12.1 Å². The van der Waals surface area contributed by atoms with Crippen LogP contribution in [-0.4, -0.2) is 27.0 Å². The SMILES string of the molecule is CCC(N)c1cn(-c2cc([N+](=O)[O-])ccc2OC)nn1. The molecule has 2 rings (SSSR count). The van der Waals surface area contributed by atoms with Crippen LogP contribution in [0.2, 0.25) is 0 Å². The second-order valence-corrected chi connectivity index (χ2v) is 4.22. The molecule has 1 aromatic carbocycles. The van der Waals surface area contributed by atoms with E-state index in [4.69, 9.17) is 10.5 Å². The molecule has 0 saturated carbocycles. The molecule has 2 aromatic rings. The lowest BCUT2D eigenvalue weighted by Crippen LogP contribution is -2.08. The van der Waals surface area contributed by atoms with Crippen molar-refractivity contribution >= 4 is 5.69 Å². The van der Waals surface area contributed by atoms with E-state index in [0.717, 1.165) is 6.42 Å². The van der Waals surface area contributed by atoms with Crippen LogP contribution in [0.25, 0.3) is 5.69 Å². The molecule has 8 heteroatoms. The minimum Gasteiger partial charge on any atom is -0.494 e. The summed E-state index contributed by atoms with van der Waals surface area (Å²) in [6, 6.07) is 4.06. The zero-order valence-electron chi connectivity index (χ0n) is 11.2. The van der Waals surface area contributed by atoms with Crippen molar-refractivity contribution in [3.05, 3.63) is 40.2 Å². The van der Waals surface area contributed by atoms with E-state index < -0.39 is 4.92 Å². The number of nitro groups is 1. The van der Waals surface area contributed by atoms with Gasteiger partial charge in [0.2, 0.25) is 0 Å². The quantitative estimate of drug-likeness (QED) is 0.656. The maximum atomic E-state index is 10.8. The van der Waals surface area contributed by atoms with E-state index in [-0.39, 0.29) is 11.7 Å². The Balaban J connectivity index is 2.47. The first-order valence-corrected chi connectivity index (χ1v) is 6.07. The third-order valence-corrected chi connectivity index (χ3v) is 2.95. The van der Waals surface area contributed by atoms with E-state index in [1.165, 1.54) is 30.0 Å². The third kappa shape index (κ3) is 2.59. The number of aromatic nitrogens is 3. The van der Waals surface area contributed by atoms with Gasteiger partial charge < -0.3 is 10.5 Å². The summed E-state index contributed by atoms with van der Waals surface area (Å²) < 4.78 is 6.62. The van der Waals surface area contributed by atoms with Crippen LogP contribution in [0.15, 0.2) is 24.4 Å². The average Bonchev–Trinajstić information content (AvgIpc) is 2.95. The molecular weight excluding hydrogens is 262 g/mol. The monoisotopic (exact) mass is 277 g/mol. The first-order valence-electron chi connectivity index (χ1n) is 6.07. The number of ether oxygens (including phenoxy) is 1. The molecule has 106 valence electrons. The number of nitrogens with two attached hydrogens (primary N) is 1. The minimum absolute atomic E-state index is 0.0439. The number of hydrogen-bond acceptors (Lipinski definition) is 6. The van der Waals surface area contributed by atoms with E-state index in [9.17, 15) is 10.1 Å². The van der Waals surface area contributed by atoms with Gasteiger partial charge >= 0.3 is 0 Å². The van der Waals surface area contributed by atoms with Gasteiger partial charge in [-0.2, -0.15) is 0 Å². The standard InChI is InChI=1S/C12H15N5O3/c1-3-9(13)10-7-16(15-14-10)11-6-8(17(18)19)4-5-12(11)20-2/h4-7,9H,3,13H2,1-2H3. The smallest absolute Gasteiger partial charge is 0.271 e. The van der Waals surface area contributed by atoms with Crippen molar-refractivity contribution in [3.63, 3.8) is 0 Å². The van der Waals surface area contributed by atoms with Crippen molar-refractivity contribution in [2.75, 3.05) is 7.11 Å². The summed E-state index contributed by atoms with van der Waals surface area (Å²) in [7, 11) is 1.49. The van der Waals surface area contributed by atoms with Gasteiger partial charge in [0.25, 0.3) is 5.69 Å². The molecule has 0 saturated heterocycles. The Morgan fingerprint density at radius 2 is 2.30 bits per heavy atom. The van der Waals surface area contributed by atoms with Gasteiger partial charge in [0.1, 0.15) is 11.4 Å². The number of nitrogens with zero attached hydrogens (tertiary/aromatic N) is 4. The predicted molar refractivity (Wildman–Crippen MR) is 71.8 cm³/mol. The van der Waals surface area contributed by atoms with Crippen LogP contribution in [0, 0.1) is 10.1 Å². The first kappa shape index (κ1) is 13.9. The number of non-ortho nitro benzene ring substituents is 1. The summed E-state index contributed by atoms with van der Waals surface area (Å²) in [6.07, 6.45) is 2.38. The van der Waals surface area contributed by atoms with Gasteiger partial charge in [-0.25, -0.2) is 4.68 Å². The number of nitro benzene ring substituents is 1. The Morgan fingerprint density at radius 1 is 1.55 bits per heavy atom. The second-order valence-electron chi connectivity index (χ2n) is 4.22. The van der Waals surface area contributed by atoms with Crippen LogP contribution in [0.5, 0.6) is 5.75 Å². The van der Waals surface area contributed by atoms with Crippen LogP contribution in [0.3, 0.4) is 0 Å². The van der Waals surface area contributed by atoms with Gasteiger partial charge in [-0.05, 0) is 12.5 Å². The molecule has 1 heterocycles. The highest BCUT2D eigenvalue weighted by atomic mass is 16.6. The van der Waals surface area contributed by atoms with Crippen LogP contribution >= 0.6 is 0 Å². The van der Waals surface area contributed by atoms with Gasteiger partial charge in [0.15, 0.2) is 0 Å². The summed E-state index contributed by atoms with van der Waals surface area (Å²) >= 11 is 0. The minimum atomic E-state index is -0.474. The molecule has 0 aliphatic rings. The van der Waals surface area contributed by atoms with Gasteiger partial charge in [-0.3, -0.25) is 10.1 Å². The first-order chi connectivity index (χ1) is 9.56. The highest BCUT2D eigenvalue weighted by molar-refractivity contribution is 5.53. The maximum Gasteiger partial charge on any atom is 0.271 e. The van der Waals surface area contributed by atoms with Crippen molar-refractivity contribution in [3.8, 4) is 11.4 Å². The number of rotatable bonds is 5. The highest BCUT2D eigenvalue weighted by Crippen LogP contribution is 2.27. The molecule has 1 atom stereocenters. The van der Waals surface area contributed by atoms with E-state index in [1.807, 2.05) is 6.92 Å². The Labute approximate surface area is 115 Å². The Hall–Kier alpha value is -2.48. The van der Waals surface area contributed by atoms with Crippen LogP contribution in [0.1, 0.15) is 25.1 Å². The summed E-state index contributed by atoms with van der Waals surface area (Å²) in [5, 5.41) is 18.8. The van der Waals surface area contributed by atoms with Crippen LogP contribution in [-0.2, 0) is 0 Å². The second kappa shape index (κ2) is 5.66. The molecule has 1 unspecified atom stereocenters. The number of hydrogen-bond donors (Lipinski definition) is 1. The summed E-state index contributed by atoms with van der Waals surface area (Å²) in [4.78, 5) is 10.4. The van der Waals surface area contributed by atoms with E-state index in [0.29, 0.717) is 17.1 Å². The summed E-state index contributed by atoms with van der Waals surface area (Å²) in [5.41, 5.74) is 6.91. The zero-order chi connectivity index (χ0) is 14.7. The molecular formula is C12H15N5O3. The number of methoxy groups -OCH3 is 1. The Bertz CT molecular complexity index is 625.